The van der Waals surface area contributed by atoms with Crippen molar-refractivity contribution in [3.05, 3.63) is 65.2 Å². The fourth-order valence-electron chi connectivity index (χ4n) is 7.36. The molecule has 8 heteroatoms. The molecule has 0 radical (unpaired) electrons. The number of carboxylic acid groups (broad SMARTS) is 1. The van der Waals surface area contributed by atoms with E-state index in [4.69, 9.17) is 0 Å². The van der Waals surface area contributed by atoms with Gasteiger partial charge in [-0.1, -0.05) is 44.4 Å². The molecule has 4 unspecified atom stereocenters. The highest BCUT2D eigenvalue weighted by atomic mass is 19.3. The molecule has 224 valence electrons. The summed E-state index contributed by atoms with van der Waals surface area (Å²) < 4.78 is 43.8. The van der Waals surface area contributed by atoms with Crippen molar-refractivity contribution in [3.8, 4) is 0 Å². The molecule has 5 rings (SSSR count). The molecular formula is C33H44F3N3O2. The molecule has 2 aliphatic heterocycles. The number of carbonyl (C=O) groups is 1. The number of pyridine rings is 1. The fraction of sp³-hybridized carbons (Fsp3) is 0.636. The standard InChI is InChI=1S/C33H44F3N3O2/c1-22-9-10-30(37-18-22)33(35,36)14-11-24-12-15-38(16-13-24)19-27-20-39(21-29(27)26-7-4-8-28(34)17-26)31(32(40)41)23(2)25-5-3-6-25/h4,7-10,17-18,23-25,27,29,31H,3,5-6,11-16,19-21H2,1-2H3,(H,40,41). The summed E-state index contributed by atoms with van der Waals surface area (Å²) in [5.74, 6) is -2.93. The predicted molar refractivity (Wildman–Crippen MR) is 153 cm³/mol. The van der Waals surface area contributed by atoms with E-state index in [1.807, 2.05) is 13.0 Å². The van der Waals surface area contributed by atoms with E-state index >= 15 is 0 Å². The average molecular weight is 572 g/mol. The molecule has 1 aliphatic carbocycles. The van der Waals surface area contributed by atoms with E-state index in [0.717, 1.165) is 56.4 Å². The number of piperidine rings is 1. The quantitative estimate of drug-likeness (QED) is 0.325. The van der Waals surface area contributed by atoms with Gasteiger partial charge >= 0.3 is 5.97 Å². The number of aromatic nitrogens is 1. The number of hydrogen-bond donors (Lipinski definition) is 1. The lowest BCUT2D eigenvalue weighted by molar-refractivity contribution is -0.146. The van der Waals surface area contributed by atoms with E-state index in [1.165, 1.54) is 24.8 Å². The van der Waals surface area contributed by atoms with E-state index in [0.29, 0.717) is 25.4 Å². The van der Waals surface area contributed by atoms with Gasteiger partial charge in [0.25, 0.3) is 5.92 Å². The highest BCUT2D eigenvalue weighted by Crippen LogP contribution is 2.41. The lowest BCUT2D eigenvalue weighted by atomic mass is 9.73. The summed E-state index contributed by atoms with van der Waals surface area (Å²) in [5, 5.41) is 10.2. The molecule has 3 fully saturated rings. The lowest BCUT2D eigenvalue weighted by Crippen LogP contribution is -2.48. The number of aryl methyl sites for hydroxylation is 1. The van der Waals surface area contributed by atoms with Crippen LogP contribution in [0.25, 0.3) is 0 Å². The second kappa shape index (κ2) is 12.8. The zero-order valence-electron chi connectivity index (χ0n) is 24.3. The number of likely N-dealkylation sites (tertiary alicyclic amines) is 2. The number of rotatable bonds is 11. The highest BCUT2D eigenvalue weighted by Gasteiger charge is 2.44. The first-order chi connectivity index (χ1) is 19.6. The van der Waals surface area contributed by atoms with Crippen LogP contribution in [0, 0.1) is 36.4 Å². The van der Waals surface area contributed by atoms with Crippen molar-refractivity contribution in [2.24, 2.45) is 23.7 Å². The van der Waals surface area contributed by atoms with Crippen molar-refractivity contribution in [1.29, 1.82) is 0 Å². The second-order valence-corrected chi connectivity index (χ2v) is 12.9. The molecule has 0 bridgehead atoms. The molecule has 0 spiro atoms. The van der Waals surface area contributed by atoms with Crippen LogP contribution >= 0.6 is 0 Å². The highest BCUT2D eigenvalue weighted by molar-refractivity contribution is 5.74. The van der Waals surface area contributed by atoms with Crippen LogP contribution in [0.3, 0.4) is 0 Å². The van der Waals surface area contributed by atoms with Gasteiger partial charge in [-0.05, 0) is 92.3 Å². The average Bonchev–Trinajstić information content (AvgIpc) is 3.30. The largest absolute Gasteiger partial charge is 0.480 e. The Hall–Kier alpha value is -2.45. The van der Waals surface area contributed by atoms with Crippen LogP contribution in [0.15, 0.2) is 42.6 Å². The van der Waals surface area contributed by atoms with Gasteiger partial charge in [0, 0.05) is 38.2 Å². The van der Waals surface area contributed by atoms with Gasteiger partial charge in [-0.3, -0.25) is 14.7 Å². The molecular weight excluding hydrogens is 527 g/mol. The lowest BCUT2D eigenvalue weighted by Gasteiger charge is -2.38. The summed E-state index contributed by atoms with van der Waals surface area (Å²) in [7, 11) is 0. The Balaban J connectivity index is 1.20. The Morgan fingerprint density at radius 3 is 2.49 bits per heavy atom. The number of carboxylic acids is 1. The van der Waals surface area contributed by atoms with Crippen LogP contribution in [0.4, 0.5) is 13.2 Å². The van der Waals surface area contributed by atoms with Gasteiger partial charge in [-0.15, -0.1) is 0 Å². The third-order valence-electron chi connectivity index (χ3n) is 10.1. The molecule has 41 heavy (non-hydrogen) atoms. The van der Waals surface area contributed by atoms with Gasteiger partial charge in [0.15, 0.2) is 0 Å². The van der Waals surface area contributed by atoms with Crippen LogP contribution in [0.5, 0.6) is 0 Å². The van der Waals surface area contributed by atoms with Crippen molar-refractivity contribution < 1.29 is 23.1 Å². The summed E-state index contributed by atoms with van der Waals surface area (Å²) in [5.41, 5.74) is 1.65. The van der Waals surface area contributed by atoms with Gasteiger partial charge in [-0.25, -0.2) is 4.39 Å². The minimum Gasteiger partial charge on any atom is -0.480 e. The van der Waals surface area contributed by atoms with E-state index in [9.17, 15) is 23.1 Å². The van der Waals surface area contributed by atoms with Crippen molar-refractivity contribution in [2.75, 3.05) is 32.7 Å². The van der Waals surface area contributed by atoms with Crippen molar-refractivity contribution in [2.45, 2.75) is 76.7 Å². The third kappa shape index (κ3) is 7.14. The summed E-state index contributed by atoms with van der Waals surface area (Å²) in [6, 6.07) is 9.34. The van der Waals surface area contributed by atoms with Crippen LogP contribution in [-0.2, 0) is 10.7 Å². The van der Waals surface area contributed by atoms with E-state index < -0.39 is 17.9 Å². The van der Waals surface area contributed by atoms with Crippen molar-refractivity contribution in [3.63, 3.8) is 0 Å². The maximum Gasteiger partial charge on any atom is 0.321 e. The van der Waals surface area contributed by atoms with Crippen molar-refractivity contribution >= 4 is 5.97 Å². The Morgan fingerprint density at radius 1 is 1.12 bits per heavy atom. The van der Waals surface area contributed by atoms with E-state index in [-0.39, 0.29) is 41.6 Å². The number of nitrogens with zero attached hydrogens (tertiary/aromatic N) is 3. The number of hydrogen-bond acceptors (Lipinski definition) is 4. The topological polar surface area (TPSA) is 56.7 Å². The molecule has 5 nitrogen and oxygen atoms in total. The molecule has 1 aromatic carbocycles. The zero-order valence-corrected chi connectivity index (χ0v) is 24.3. The summed E-state index contributed by atoms with van der Waals surface area (Å²) in [6.45, 7) is 7.69. The van der Waals surface area contributed by atoms with Crippen LogP contribution < -0.4 is 0 Å². The molecule has 3 aliphatic rings. The molecule has 2 aromatic rings. The summed E-state index contributed by atoms with van der Waals surface area (Å²) >= 11 is 0. The number of halogens is 3. The summed E-state index contributed by atoms with van der Waals surface area (Å²) in [4.78, 5) is 21.0. The fourth-order valence-corrected chi connectivity index (χ4v) is 7.36. The number of aliphatic carboxylic acids is 1. The zero-order chi connectivity index (χ0) is 29.1. The maximum atomic E-state index is 14.8. The second-order valence-electron chi connectivity index (χ2n) is 12.9. The van der Waals surface area contributed by atoms with Gasteiger partial charge < -0.3 is 10.0 Å². The molecule has 1 saturated carbocycles. The first-order valence-electron chi connectivity index (χ1n) is 15.4. The normalized spacial score (nSPS) is 24.7. The molecule has 3 heterocycles. The SMILES string of the molecule is Cc1ccc(C(F)(F)CCC2CCN(CC3CN(C(C(=O)O)C(C)C4CCC4)CC3c3cccc(F)c3)CC2)nc1. The first-order valence-corrected chi connectivity index (χ1v) is 15.4. The smallest absolute Gasteiger partial charge is 0.321 e. The monoisotopic (exact) mass is 571 g/mol. The first kappa shape index (κ1) is 30.0. The maximum absolute atomic E-state index is 14.8. The van der Waals surface area contributed by atoms with Crippen LogP contribution in [0.1, 0.15) is 74.6 Å². The third-order valence-corrected chi connectivity index (χ3v) is 10.1. The van der Waals surface area contributed by atoms with Crippen LogP contribution in [-0.4, -0.2) is 64.6 Å². The van der Waals surface area contributed by atoms with Gasteiger partial charge in [-0.2, -0.15) is 8.78 Å². The number of benzene rings is 1. The van der Waals surface area contributed by atoms with Gasteiger partial charge in [0.05, 0.1) is 0 Å². The van der Waals surface area contributed by atoms with Crippen molar-refractivity contribution in [1.82, 2.24) is 14.8 Å². The minimum absolute atomic E-state index is 0.0552. The predicted octanol–water partition coefficient (Wildman–Crippen LogP) is 6.72. The van der Waals surface area contributed by atoms with Crippen LogP contribution in [0.2, 0.25) is 0 Å². The Morgan fingerprint density at radius 2 is 1.88 bits per heavy atom. The Kier molecular flexibility index (Phi) is 9.39. The molecule has 0 amide bonds. The Bertz CT molecular complexity index is 1160. The Labute approximate surface area is 242 Å². The molecule has 1 aromatic heterocycles. The van der Waals surface area contributed by atoms with Gasteiger partial charge in [0.1, 0.15) is 17.6 Å². The molecule has 1 N–H and O–H groups in total. The molecule has 2 saturated heterocycles. The van der Waals surface area contributed by atoms with E-state index in [2.05, 4.69) is 21.7 Å². The van der Waals surface area contributed by atoms with E-state index in [1.54, 1.807) is 18.2 Å². The molecule has 4 atom stereocenters. The minimum atomic E-state index is -2.92. The van der Waals surface area contributed by atoms with Gasteiger partial charge in [0.2, 0.25) is 0 Å². The summed E-state index contributed by atoms with van der Waals surface area (Å²) in [6.07, 6.45) is 6.88. The number of alkyl halides is 2.